The molecule has 1 heterocycles. The Balaban J connectivity index is 1.86. The van der Waals surface area contributed by atoms with Crippen molar-refractivity contribution in [3.05, 3.63) is 52.8 Å². The maximum atomic E-state index is 4.69. The monoisotopic (exact) mass is 327 g/mol. The molecule has 0 saturated heterocycles. The number of aromatic nitrogens is 2. The molecule has 2 N–H and O–H groups in total. The number of rotatable bonds is 7. The molecule has 0 unspecified atom stereocenters. The van der Waals surface area contributed by atoms with Gasteiger partial charge >= 0.3 is 0 Å². The Morgan fingerprint density at radius 1 is 1.12 bits per heavy atom. The van der Waals surface area contributed by atoms with Crippen molar-refractivity contribution < 1.29 is 0 Å². The maximum absolute atomic E-state index is 4.69. The summed E-state index contributed by atoms with van der Waals surface area (Å²) in [7, 11) is 1.99. The average molecular weight is 327 g/mol. The Morgan fingerprint density at radius 2 is 1.88 bits per heavy atom. The third-order valence-corrected chi connectivity index (χ3v) is 4.18. The molecule has 0 amide bonds. The van der Waals surface area contributed by atoms with E-state index in [0.29, 0.717) is 0 Å². The van der Waals surface area contributed by atoms with Gasteiger partial charge in [-0.2, -0.15) is 5.10 Å². The van der Waals surface area contributed by atoms with Crippen molar-refractivity contribution in [2.45, 2.75) is 33.6 Å². The van der Waals surface area contributed by atoms with E-state index >= 15 is 0 Å². The van der Waals surface area contributed by atoms with Gasteiger partial charge in [0.2, 0.25) is 0 Å². The zero-order valence-electron chi connectivity index (χ0n) is 15.3. The van der Waals surface area contributed by atoms with Gasteiger partial charge in [0.05, 0.1) is 5.69 Å². The molecule has 0 bridgehead atoms. The van der Waals surface area contributed by atoms with E-state index in [9.17, 15) is 0 Å². The van der Waals surface area contributed by atoms with Crippen molar-refractivity contribution in [2.75, 3.05) is 19.6 Å². The molecule has 1 aromatic heterocycles. The Morgan fingerprint density at radius 3 is 2.50 bits per heavy atom. The Labute approximate surface area is 145 Å². The molecule has 2 rings (SSSR count). The van der Waals surface area contributed by atoms with Crippen LogP contribution in [0.15, 0.2) is 35.3 Å². The molecule has 0 aliphatic rings. The highest BCUT2D eigenvalue weighted by atomic mass is 15.3. The van der Waals surface area contributed by atoms with E-state index in [-0.39, 0.29) is 0 Å². The van der Waals surface area contributed by atoms with Gasteiger partial charge in [-0.1, -0.05) is 30.3 Å². The summed E-state index contributed by atoms with van der Waals surface area (Å²) in [5.41, 5.74) is 4.97. The Kier molecular flexibility index (Phi) is 6.85. The van der Waals surface area contributed by atoms with Crippen molar-refractivity contribution in [3.8, 4) is 0 Å². The van der Waals surface area contributed by atoms with Crippen LogP contribution in [0.25, 0.3) is 0 Å². The summed E-state index contributed by atoms with van der Waals surface area (Å²) in [5.74, 6) is 0.882. The molecule has 0 aliphatic carbocycles. The van der Waals surface area contributed by atoms with Crippen LogP contribution in [0.3, 0.4) is 0 Å². The SMILES string of the molecule is CCNC(=NCCc1c(C)nn(C)c1C)NCCc1ccccc1. The molecule has 5 nitrogen and oxygen atoms in total. The number of hydrogen-bond acceptors (Lipinski definition) is 2. The van der Waals surface area contributed by atoms with Crippen LogP contribution < -0.4 is 10.6 Å². The molecule has 0 atom stereocenters. The van der Waals surface area contributed by atoms with Crippen molar-refractivity contribution in [1.82, 2.24) is 20.4 Å². The summed E-state index contributed by atoms with van der Waals surface area (Å²) in [5, 5.41) is 11.2. The average Bonchev–Trinajstić information content (AvgIpc) is 2.82. The van der Waals surface area contributed by atoms with Gasteiger partial charge in [-0.25, -0.2) is 0 Å². The maximum Gasteiger partial charge on any atom is 0.191 e. The van der Waals surface area contributed by atoms with Gasteiger partial charge in [-0.3, -0.25) is 9.67 Å². The van der Waals surface area contributed by atoms with Crippen LogP contribution in [0.2, 0.25) is 0 Å². The second-order valence-corrected chi connectivity index (χ2v) is 5.95. The number of hydrogen-bond donors (Lipinski definition) is 2. The first-order valence-corrected chi connectivity index (χ1v) is 8.67. The summed E-state index contributed by atoms with van der Waals surface area (Å²) in [6, 6.07) is 10.5. The van der Waals surface area contributed by atoms with Crippen molar-refractivity contribution in [3.63, 3.8) is 0 Å². The predicted octanol–water partition coefficient (Wildman–Crippen LogP) is 2.38. The second-order valence-electron chi connectivity index (χ2n) is 5.95. The van der Waals surface area contributed by atoms with Gasteiger partial charge in [0.15, 0.2) is 5.96 Å². The summed E-state index contributed by atoms with van der Waals surface area (Å²) >= 11 is 0. The minimum absolute atomic E-state index is 0.758. The van der Waals surface area contributed by atoms with Crippen LogP contribution in [0.1, 0.15) is 29.4 Å². The molecule has 0 radical (unpaired) electrons. The first-order valence-electron chi connectivity index (χ1n) is 8.67. The fourth-order valence-corrected chi connectivity index (χ4v) is 2.77. The Hall–Kier alpha value is -2.30. The lowest BCUT2D eigenvalue weighted by molar-refractivity contribution is 0.729. The van der Waals surface area contributed by atoms with Crippen LogP contribution in [0, 0.1) is 13.8 Å². The lowest BCUT2D eigenvalue weighted by Crippen LogP contribution is -2.38. The molecular weight excluding hydrogens is 298 g/mol. The minimum atomic E-state index is 0.758. The van der Waals surface area contributed by atoms with Crippen molar-refractivity contribution in [1.29, 1.82) is 0 Å². The van der Waals surface area contributed by atoms with Gasteiger partial charge in [0.1, 0.15) is 0 Å². The van der Waals surface area contributed by atoms with E-state index in [2.05, 4.69) is 65.8 Å². The van der Waals surface area contributed by atoms with Crippen LogP contribution >= 0.6 is 0 Å². The van der Waals surface area contributed by atoms with Gasteiger partial charge in [-0.05, 0) is 44.7 Å². The molecule has 0 saturated carbocycles. The molecule has 24 heavy (non-hydrogen) atoms. The number of aliphatic imine (C=N–C) groups is 1. The highest BCUT2D eigenvalue weighted by Crippen LogP contribution is 2.12. The number of nitrogens with one attached hydrogen (secondary N) is 2. The first-order chi connectivity index (χ1) is 11.6. The van der Waals surface area contributed by atoms with E-state index in [0.717, 1.165) is 44.1 Å². The third kappa shape index (κ3) is 5.11. The number of nitrogens with zero attached hydrogens (tertiary/aromatic N) is 3. The van der Waals surface area contributed by atoms with E-state index < -0.39 is 0 Å². The van der Waals surface area contributed by atoms with Crippen LogP contribution in [0.4, 0.5) is 0 Å². The lowest BCUT2D eigenvalue weighted by atomic mass is 10.1. The van der Waals surface area contributed by atoms with E-state index in [1.165, 1.54) is 16.8 Å². The fraction of sp³-hybridized carbons (Fsp3) is 0.474. The van der Waals surface area contributed by atoms with Gasteiger partial charge in [-0.15, -0.1) is 0 Å². The molecular formula is C19H29N5. The van der Waals surface area contributed by atoms with Gasteiger partial charge in [0.25, 0.3) is 0 Å². The van der Waals surface area contributed by atoms with Gasteiger partial charge in [0, 0.05) is 32.4 Å². The molecule has 0 aliphatic heterocycles. The fourth-order valence-electron chi connectivity index (χ4n) is 2.77. The highest BCUT2D eigenvalue weighted by molar-refractivity contribution is 5.79. The standard InChI is InChI=1S/C19H29N5/c1-5-20-19(21-13-11-17-9-7-6-8-10-17)22-14-12-18-15(2)23-24(4)16(18)3/h6-10H,5,11-14H2,1-4H3,(H2,20,21,22). The topological polar surface area (TPSA) is 54.2 Å². The predicted molar refractivity (Wildman–Crippen MR) is 101 cm³/mol. The quantitative estimate of drug-likeness (QED) is 0.606. The zero-order chi connectivity index (χ0) is 17.4. The van der Waals surface area contributed by atoms with E-state index in [1.54, 1.807) is 0 Å². The summed E-state index contributed by atoms with van der Waals surface area (Å²) in [6.45, 7) is 8.76. The van der Waals surface area contributed by atoms with E-state index in [1.807, 2.05) is 17.8 Å². The summed E-state index contributed by atoms with van der Waals surface area (Å²) in [4.78, 5) is 4.69. The lowest BCUT2D eigenvalue weighted by Gasteiger charge is -2.11. The smallest absolute Gasteiger partial charge is 0.191 e. The van der Waals surface area contributed by atoms with Gasteiger partial charge < -0.3 is 10.6 Å². The molecule has 0 spiro atoms. The van der Waals surface area contributed by atoms with Crippen molar-refractivity contribution in [2.24, 2.45) is 12.0 Å². The molecule has 0 fully saturated rings. The Bertz CT molecular complexity index is 658. The van der Waals surface area contributed by atoms with Crippen molar-refractivity contribution >= 4 is 5.96 Å². The van der Waals surface area contributed by atoms with Crippen LogP contribution in [-0.2, 0) is 19.9 Å². The largest absolute Gasteiger partial charge is 0.357 e. The van der Waals surface area contributed by atoms with Crippen LogP contribution in [-0.4, -0.2) is 35.4 Å². The molecule has 130 valence electrons. The summed E-state index contributed by atoms with van der Waals surface area (Å²) < 4.78 is 1.94. The summed E-state index contributed by atoms with van der Waals surface area (Å²) in [6.07, 6.45) is 1.91. The number of benzene rings is 1. The molecule has 2 aromatic rings. The van der Waals surface area contributed by atoms with Crippen LogP contribution in [0.5, 0.6) is 0 Å². The third-order valence-electron chi connectivity index (χ3n) is 4.18. The second kappa shape index (κ2) is 9.11. The number of aryl methyl sites for hydroxylation is 2. The normalized spacial score (nSPS) is 11.6. The molecule has 1 aromatic carbocycles. The highest BCUT2D eigenvalue weighted by Gasteiger charge is 2.08. The molecule has 5 heteroatoms. The number of guanidine groups is 1. The minimum Gasteiger partial charge on any atom is -0.357 e. The first kappa shape index (κ1) is 18.0. The zero-order valence-corrected chi connectivity index (χ0v) is 15.3. The van der Waals surface area contributed by atoms with E-state index in [4.69, 9.17) is 0 Å².